The molecule has 3 heterocycles. The van der Waals surface area contributed by atoms with Crippen LogP contribution in [0.5, 0.6) is 5.75 Å². The molecule has 2 aliphatic heterocycles. The predicted octanol–water partition coefficient (Wildman–Crippen LogP) is 4.54. The maximum atomic E-state index is 14.1. The maximum absolute atomic E-state index is 14.1. The molecular formula is C27H30N2O5S. The molecule has 2 aromatic carbocycles. The normalized spacial score (nSPS) is 21.6. The fraction of sp³-hybridized carbons (Fsp3) is 0.370. The Bertz CT molecular complexity index is 1440. The van der Waals surface area contributed by atoms with Crippen LogP contribution in [0.15, 0.2) is 59.0 Å². The smallest absolute Gasteiger partial charge is 0.328 e. The predicted molar refractivity (Wildman–Crippen MR) is 134 cm³/mol. The molecule has 0 radical (unpaired) electrons. The largest absolute Gasteiger partial charge is 0.496 e. The topological polar surface area (TPSA) is 88.8 Å². The minimum Gasteiger partial charge on any atom is -0.496 e. The van der Waals surface area contributed by atoms with Crippen molar-refractivity contribution in [3.05, 3.63) is 70.9 Å². The van der Waals surface area contributed by atoms with E-state index >= 15 is 0 Å². The van der Waals surface area contributed by atoms with Gasteiger partial charge in [0.1, 0.15) is 5.75 Å². The minimum atomic E-state index is -3.92. The third-order valence-corrected chi connectivity index (χ3v) is 9.19. The number of carbonyl (C=O) groups is 1. The molecule has 1 aromatic heterocycles. The van der Waals surface area contributed by atoms with Gasteiger partial charge in [-0.3, -0.25) is 4.90 Å². The molecule has 1 saturated heterocycles. The van der Waals surface area contributed by atoms with Gasteiger partial charge in [-0.05, 0) is 61.9 Å². The van der Waals surface area contributed by atoms with Crippen molar-refractivity contribution in [3.8, 4) is 5.75 Å². The van der Waals surface area contributed by atoms with Gasteiger partial charge in [-0.15, -0.1) is 0 Å². The summed E-state index contributed by atoms with van der Waals surface area (Å²) >= 11 is 0. The van der Waals surface area contributed by atoms with Crippen molar-refractivity contribution in [2.45, 2.75) is 44.0 Å². The number of nitrogens with zero attached hydrogens (tertiary/aromatic N) is 2. The first-order valence-corrected chi connectivity index (χ1v) is 13.4. The summed E-state index contributed by atoms with van der Waals surface area (Å²) in [7, 11) is -2.32. The van der Waals surface area contributed by atoms with Gasteiger partial charge in [0.2, 0.25) is 0 Å². The molecule has 3 aromatic rings. The second kappa shape index (κ2) is 8.84. The van der Waals surface area contributed by atoms with E-state index in [1.807, 2.05) is 25.1 Å². The van der Waals surface area contributed by atoms with Crippen LogP contribution in [-0.4, -0.2) is 48.6 Å². The van der Waals surface area contributed by atoms with Crippen LogP contribution >= 0.6 is 0 Å². The van der Waals surface area contributed by atoms with E-state index in [1.165, 1.54) is 10.0 Å². The number of hydrogen-bond acceptors (Lipinski definition) is 5. The lowest BCUT2D eigenvalue weighted by Crippen LogP contribution is -2.44. The maximum Gasteiger partial charge on any atom is 0.328 e. The molecule has 0 unspecified atom stereocenters. The highest BCUT2D eigenvalue weighted by atomic mass is 32.2. The zero-order valence-corrected chi connectivity index (χ0v) is 21.0. The van der Waals surface area contributed by atoms with E-state index in [4.69, 9.17) is 4.74 Å². The number of rotatable bonds is 5. The van der Waals surface area contributed by atoms with Crippen LogP contribution in [0, 0.1) is 12.8 Å². The highest BCUT2D eigenvalue weighted by Gasteiger charge is 2.41. The Kier molecular flexibility index (Phi) is 5.97. The molecule has 7 nitrogen and oxygen atoms in total. The van der Waals surface area contributed by atoms with E-state index < -0.39 is 16.0 Å². The first-order valence-electron chi connectivity index (χ1n) is 12.0. The van der Waals surface area contributed by atoms with Crippen molar-refractivity contribution in [1.29, 1.82) is 0 Å². The second-order valence-electron chi connectivity index (χ2n) is 9.43. The number of benzene rings is 2. The van der Waals surface area contributed by atoms with Crippen molar-refractivity contribution in [3.63, 3.8) is 0 Å². The number of carboxylic acid groups (broad SMARTS) is 1. The summed E-state index contributed by atoms with van der Waals surface area (Å²) in [5.41, 5.74) is 4.14. The van der Waals surface area contributed by atoms with Gasteiger partial charge in [-0.1, -0.05) is 36.3 Å². The number of carboxylic acids is 1. The molecule has 1 N–H and O–H groups in total. The van der Waals surface area contributed by atoms with E-state index in [1.54, 1.807) is 31.4 Å². The summed E-state index contributed by atoms with van der Waals surface area (Å²) in [6.45, 7) is 5.49. The van der Waals surface area contributed by atoms with Crippen molar-refractivity contribution in [2.24, 2.45) is 5.92 Å². The number of piperidine rings is 1. The summed E-state index contributed by atoms with van der Waals surface area (Å²) in [6, 6.07) is 12.2. The Morgan fingerprint density at radius 1 is 1.20 bits per heavy atom. The Morgan fingerprint density at radius 2 is 1.94 bits per heavy atom. The van der Waals surface area contributed by atoms with Crippen LogP contribution in [0.1, 0.15) is 42.6 Å². The second-order valence-corrected chi connectivity index (χ2v) is 11.2. The summed E-state index contributed by atoms with van der Waals surface area (Å²) in [4.78, 5) is 14.1. The van der Waals surface area contributed by atoms with Crippen LogP contribution in [-0.2, 0) is 21.2 Å². The Hall–Kier alpha value is -3.10. The molecule has 1 fully saturated rings. The summed E-state index contributed by atoms with van der Waals surface area (Å²) < 4.78 is 35.4. The van der Waals surface area contributed by atoms with Gasteiger partial charge in [0.05, 0.1) is 29.3 Å². The van der Waals surface area contributed by atoms with Crippen molar-refractivity contribution < 1.29 is 23.1 Å². The number of hydrogen-bond donors (Lipinski definition) is 1. The zero-order valence-electron chi connectivity index (χ0n) is 20.2. The lowest BCUT2D eigenvalue weighted by Gasteiger charge is -2.44. The Labute approximate surface area is 205 Å². The number of methoxy groups -OCH3 is 1. The molecule has 2 aliphatic rings. The van der Waals surface area contributed by atoms with E-state index in [0.29, 0.717) is 30.7 Å². The van der Waals surface area contributed by atoms with Crippen molar-refractivity contribution >= 4 is 26.9 Å². The Balaban J connectivity index is 1.79. The number of fused-ring (bicyclic) bond motifs is 5. The standard InChI is InChI=1S/C27H30N2O5S/c1-4-18-16-28-13-12-21-26-22(6-5-7-24(26)34-3)29(27(21)23(28)14-19(18)15-25(30)31)35(32,33)20-10-8-17(2)9-11-20/h5-11,15,18,23H,4,12-14,16H2,1-3H3,(H,30,31)/b19-15-/t18-,23+/m1/s1. The monoisotopic (exact) mass is 494 g/mol. The first kappa shape index (κ1) is 23.6. The van der Waals surface area contributed by atoms with Gasteiger partial charge in [0.25, 0.3) is 10.0 Å². The van der Waals surface area contributed by atoms with Crippen molar-refractivity contribution in [1.82, 2.24) is 8.87 Å². The minimum absolute atomic E-state index is 0.143. The fourth-order valence-electron chi connectivity index (χ4n) is 5.75. The summed E-state index contributed by atoms with van der Waals surface area (Å²) in [5, 5.41) is 10.3. The lowest BCUT2D eigenvalue weighted by molar-refractivity contribution is -0.131. The van der Waals surface area contributed by atoms with E-state index in [0.717, 1.165) is 40.7 Å². The zero-order chi connectivity index (χ0) is 24.9. The average molecular weight is 495 g/mol. The van der Waals surface area contributed by atoms with Crippen LogP contribution < -0.4 is 4.74 Å². The molecule has 5 rings (SSSR count). The molecule has 0 amide bonds. The molecule has 0 bridgehead atoms. The van der Waals surface area contributed by atoms with Gasteiger partial charge in [-0.25, -0.2) is 17.2 Å². The van der Waals surface area contributed by atoms with Crippen LogP contribution in [0.4, 0.5) is 0 Å². The SMILES string of the molecule is CC[C@@H]1CN2CCc3c(n(S(=O)(=O)c4ccc(C)cc4)c4cccc(OC)c34)[C@@H]2C/C1=C/C(=O)O. The highest BCUT2D eigenvalue weighted by molar-refractivity contribution is 7.90. The summed E-state index contributed by atoms with van der Waals surface area (Å²) in [6.07, 6.45) is 3.35. The third kappa shape index (κ3) is 3.85. The molecule has 0 saturated carbocycles. The van der Waals surface area contributed by atoms with Crippen LogP contribution in [0.2, 0.25) is 0 Å². The highest BCUT2D eigenvalue weighted by Crippen LogP contribution is 2.47. The third-order valence-electron chi connectivity index (χ3n) is 7.45. The molecule has 0 aliphatic carbocycles. The molecule has 2 atom stereocenters. The quantitative estimate of drug-likeness (QED) is 0.524. The number of aliphatic carboxylic acids is 1. The fourth-order valence-corrected chi connectivity index (χ4v) is 7.34. The summed E-state index contributed by atoms with van der Waals surface area (Å²) in [5.74, 6) is -0.170. The number of ether oxygens (including phenoxy) is 1. The molecule has 35 heavy (non-hydrogen) atoms. The number of aryl methyl sites for hydroxylation is 1. The van der Waals surface area contributed by atoms with Gasteiger partial charge in [-0.2, -0.15) is 0 Å². The van der Waals surface area contributed by atoms with Gasteiger partial charge in [0.15, 0.2) is 0 Å². The van der Waals surface area contributed by atoms with Crippen molar-refractivity contribution in [2.75, 3.05) is 20.2 Å². The Morgan fingerprint density at radius 3 is 2.60 bits per heavy atom. The van der Waals surface area contributed by atoms with Gasteiger partial charge in [0, 0.05) is 24.6 Å². The average Bonchev–Trinajstić information content (AvgIpc) is 3.19. The van der Waals surface area contributed by atoms with E-state index in [-0.39, 0.29) is 16.9 Å². The first-order chi connectivity index (χ1) is 16.8. The van der Waals surface area contributed by atoms with Crippen LogP contribution in [0.3, 0.4) is 0 Å². The molecule has 184 valence electrons. The van der Waals surface area contributed by atoms with E-state index in [2.05, 4.69) is 11.8 Å². The molecular weight excluding hydrogens is 464 g/mol. The van der Waals surface area contributed by atoms with Gasteiger partial charge < -0.3 is 9.84 Å². The lowest BCUT2D eigenvalue weighted by atomic mass is 9.81. The molecule has 8 heteroatoms. The number of aromatic nitrogens is 1. The van der Waals surface area contributed by atoms with E-state index in [9.17, 15) is 18.3 Å². The van der Waals surface area contributed by atoms with Crippen LogP contribution in [0.25, 0.3) is 10.9 Å². The molecule has 0 spiro atoms. The van der Waals surface area contributed by atoms with Gasteiger partial charge >= 0.3 is 5.97 Å².